The second-order valence-electron chi connectivity index (χ2n) is 9.61. The summed E-state index contributed by atoms with van der Waals surface area (Å²) in [5, 5.41) is 21.4. The third-order valence-corrected chi connectivity index (χ3v) is 6.60. The lowest BCUT2D eigenvalue weighted by atomic mass is 9.71. The van der Waals surface area contributed by atoms with E-state index in [4.69, 9.17) is 4.74 Å². The summed E-state index contributed by atoms with van der Waals surface area (Å²) in [7, 11) is 0. The number of piperidine rings is 1. The van der Waals surface area contributed by atoms with Crippen LogP contribution in [0.4, 0.5) is 8.78 Å². The molecule has 2 aliphatic rings. The number of aliphatic hydroxyl groups is 2. The van der Waals surface area contributed by atoms with Gasteiger partial charge in [-0.05, 0) is 55.6 Å². The zero-order valence-corrected chi connectivity index (χ0v) is 17.1. The number of hydrogen-bond donors (Lipinski definition) is 2. The molecular formula is C22H33F2NO3. The molecule has 0 aromatic heterocycles. The monoisotopic (exact) mass is 397 g/mol. The van der Waals surface area contributed by atoms with E-state index >= 15 is 0 Å². The Balaban J connectivity index is 1.61. The Morgan fingerprint density at radius 3 is 2.46 bits per heavy atom. The summed E-state index contributed by atoms with van der Waals surface area (Å²) in [5.74, 6) is -0.835. The fraction of sp³-hybridized carbons (Fsp3) is 0.727. The van der Waals surface area contributed by atoms with Crippen LogP contribution in [0.25, 0.3) is 0 Å². The van der Waals surface area contributed by atoms with Gasteiger partial charge in [0.25, 0.3) is 0 Å². The van der Waals surface area contributed by atoms with Crippen molar-refractivity contribution in [2.24, 2.45) is 11.3 Å². The van der Waals surface area contributed by atoms with Gasteiger partial charge < -0.3 is 14.9 Å². The van der Waals surface area contributed by atoms with Crippen molar-refractivity contribution >= 4 is 0 Å². The third kappa shape index (κ3) is 4.84. The number of nitrogens with zero attached hydrogens (tertiary/aromatic N) is 1. The standard InChI is InChI=1S/C22H33F2NO3/c1-21(2,3)15-4-7-17(8-5-15)25-11-10-20(26)22(27,13-25)14-28-19-12-16(23)6-9-18(19)24/h6,9,12,15,17,20,26-27H,4-5,7-8,10-11,13-14H2,1-3H3/t15?,17?,20-,22-/m0/s1. The number of ether oxygens (including phenoxy) is 1. The molecule has 1 aliphatic heterocycles. The van der Waals surface area contributed by atoms with Gasteiger partial charge in [-0.3, -0.25) is 4.90 Å². The summed E-state index contributed by atoms with van der Waals surface area (Å²) in [6, 6.07) is 3.34. The normalized spacial score (nSPS) is 32.3. The molecule has 1 heterocycles. The summed E-state index contributed by atoms with van der Waals surface area (Å²) in [6.07, 6.45) is 3.96. The van der Waals surface area contributed by atoms with Gasteiger partial charge in [0, 0.05) is 25.2 Å². The highest BCUT2D eigenvalue weighted by molar-refractivity contribution is 5.25. The van der Waals surface area contributed by atoms with E-state index in [2.05, 4.69) is 25.7 Å². The lowest BCUT2D eigenvalue weighted by Gasteiger charge is -2.47. The van der Waals surface area contributed by atoms with Gasteiger partial charge in [-0.2, -0.15) is 0 Å². The molecule has 1 aromatic carbocycles. The Morgan fingerprint density at radius 1 is 1.14 bits per heavy atom. The van der Waals surface area contributed by atoms with Gasteiger partial charge in [-0.15, -0.1) is 0 Å². The van der Waals surface area contributed by atoms with Crippen molar-refractivity contribution in [1.29, 1.82) is 0 Å². The van der Waals surface area contributed by atoms with Crippen molar-refractivity contribution in [1.82, 2.24) is 4.90 Å². The smallest absolute Gasteiger partial charge is 0.165 e. The number of halogens is 2. The summed E-state index contributed by atoms with van der Waals surface area (Å²) in [4.78, 5) is 2.23. The number of hydrogen-bond acceptors (Lipinski definition) is 4. The van der Waals surface area contributed by atoms with Crippen molar-refractivity contribution in [2.45, 2.75) is 70.6 Å². The molecule has 0 unspecified atom stereocenters. The first kappa shape index (κ1) is 21.5. The Kier molecular flexibility index (Phi) is 6.32. The number of rotatable bonds is 4. The minimum absolute atomic E-state index is 0.247. The molecule has 0 spiro atoms. The molecule has 28 heavy (non-hydrogen) atoms. The van der Waals surface area contributed by atoms with Crippen LogP contribution in [-0.4, -0.2) is 52.6 Å². The second kappa shape index (κ2) is 8.25. The van der Waals surface area contributed by atoms with E-state index in [1.807, 2.05) is 0 Å². The highest BCUT2D eigenvalue weighted by atomic mass is 19.1. The molecule has 0 bridgehead atoms. The molecule has 1 saturated carbocycles. The van der Waals surface area contributed by atoms with E-state index in [1.54, 1.807) is 0 Å². The zero-order valence-electron chi connectivity index (χ0n) is 17.1. The van der Waals surface area contributed by atoms with E-state index in [9.17, 15) is 19.0 Å². The van der Waals surface area contributed by atoms with Crippen molar-refractivity contribution in [3.8, 4) is 5.75 Å². The van der Waals surface area contributed by atoms with Crippen LogP contribution in [0.15, 0.2) is 18.2 Å². The number of benzene rings is 1. The summed E-state index contributed by atoms with van der Waals surface area (Å²) in [5.41, 5.74) is -1.19. The number of aliphatic hydroxyl groups excluding tert-OH is 1. The van der Waals surface area contributed by atoms with Crippen molar-refractivity contribution in [3.05, 3.63) is 29.8 Å². The maximum absolute atomic E-state index is 13.8. The van der Waals surface area contributed by atoms with Crippen molar-refractivity contribution < 1.29 is 23.7 Å². The minimum Gasteiger partial charge on any atom is -0.487 e. The van der Waals surface area contributed by atoms with E-state index in [0.29, 0.717) is 23.8 Å². The molecular weight excluding hydrogens is 364 g/mol. The molecule has 0 amide bonds. The largest absolute Gasteiger partial charge is 0.487 e. The molecule has 1 aromatic rings. The fourth-order valence-electron chi connectivity index (χ4n) is 4.64. The van der Waals surface area contributed by atoms with Crippen LogP contribution in [0.2, 0.25) is 0 Å². The fourth-order valence-corrected chi connectivity index (χ4v) is 4.64. The van der Waals surface area contributed by atoms with E-state index in [1.165, 1.54) is 0 Å². The minimum atomic E-state index is -1.50. The number of β-amino-alcohol motifs (C(OH)–C–C–N with tert-alkyl or cyclic N) is 1. The first-order valence-corrected chi connectivity index (χ1v) is 10.3. The summed E-state index contributed by atoms with van der Waals surface area (Å²) < 4.78 is 32.5. The third-order valence-electron chi connectivity index (χ3n) is 6.60. The van der Waals surface area contributed by atoms with Crippen LogP contribution in [0.3, 0.4) is 0 Å². The van der Waals surface area contributed by atoms with Crippen LogP contribution in [0, 0.1) is 23.0 Å². The molecule has 4 nitrogen and oxygen atoms in total. The maximum atomic E-state index is 13.8. The molecule has 3 rings (SSSR count). The van der Waals surface area contributed by atoms with Crippen LogP contribution in [-0.2, 0) is 0 Å². The van der Waals surface area contributed by atoms with Gasteiger partial charge in [0.2, 0.25) is 0 Å². The van der Waals surface area contributed by atoms with Crippen LogP contribution in [0.1, 0.15) is 52.9 Å². The van der Waals surface area contributed by atoms with Gasteiger partial charge in [-0.1, -0.05) is 20.8 Å². The quantitative estimate of drug-likeness (QED) is 0.813. The Bertz CT molecular complexity index is 670. The van der Waals surface area contributed by atoms with E-state index in [-0.39, 0.29) is 18.9 Å². The summed E-state index contributed by atoms with van der Waals surface area (Å²) >= 11 is 0. The molecule has 1 saturated heterocycles. The van der Waals surface area contributed by atoms with Gasteiger partial charge in [0.1, 0.15) is 18.0 Å². The second-order valence-corrected chi connectivity index (χ2v) is 9.61. The Hall–Kier alpha value is -1.24. The van der Waals surface area contributed by atoms with E-state index in [0.717, 1.165) is 50.4 Å². The van der Waals surface area contributed by atoms with Crippen LogP contribution < -0.4 is 4.74 Å². The topological polar surface area (TPSA) is 52.9 Å². The van der Waals surface area contributed by atoms with Gasteiger partial charge in [0.15, 0.2) is 11.6 Å². The molecule has 2 atom stereocenters. The van der Waals surface area contributed by atoms with Crippen molar-refractivity contribution in [2.75, 3.05) is 19.7 Å². The highest BCUT2D eigenvalue weighted by Gasteiger charge is 2.44. The average Bonchev–Trinajstić information content (AvgIpc) is 2.64. The SMILES string of the molecule is CC(C)(C)C1CCC(N2CC[C@H](O)[C@@](O)(COc3cc(F)ccc3F)C2)CC1. The maximum Gasteiger partial charge on any atom is 0.165 e. The highest BCUT2D eigenvalue weighted by Crippen LogP contribution is 2.40. The van der Waals surface area contributed by atoms with Gasteiger partial charge in [-0.25, -0.2) is 8.78 Å². The first-order valence-electron chi connectivity index (χ1n) is 10.3. The average molecular weight is 398 g/mol. The Labute approximate surface area is 166 Å². The first-order chi connectivity index (χ1) is 13.1. The Morgan fingerprint density at radius 2 is 1.82 bits per heavy atom. The molecule has 6 heteroatoms. The summed E-state index contributed by atoms with van der Waals surface area (Å²) in [6.45, 7) is 7.59. The molecule has 2 fully saturated rings. The molecule has 1 aliphatic carbocycles. The van der Waals surface area contributed by atoms with Crippen molar-refractivity contribution in [3.63, 3.8) is 0 Å². The van der Waals surface area contributed by atoms with Crippen LogP contribution >= 0.6 is 0 Å². The zero-order chi connectivity index (χ0) is 20.5. The predicted octanol–water partition coefficient (Wildman–Crippen LogP) is 3.75. The lowest BCUT2D eigenvalue weighted by molar-refractivity contribution is -0.148. The number of likely N-dealkylation sites (tertiary alicyclic amines) is 1. The molecule has 158 valence electrons. The predicted molar refractivity (Wildman–Crippen MR) is 104 cm³/mol. The van der Waals surface area contributed by atoms with E-state index < -0.39 is 23.3 Å². The van der Waals surface area contributed by atoms with Gasteiger partial charge >= 0.3 is 0 Å². The van der Waals surface area contributed by atoms with Crippen LogP contribution in [0.5, 0.6) is 5.75 Å². The molecule has 2 N–H and O–H groups in total. The molecule has 0 radical (unpaired) electrons. The van der Waals surface area contributed by atoms with Gasteiger partial charge in [0.05, 0.1) is 6.10 Å². The lowest BCUT2D eigenvalue weighted by Crippen LogP contribution is -2.62.